The zero-order valence-corrected chi connectivity index (χ0v) is 12.7. The summed E-state index contributed by atoms with van der Waals surface area (Å²) >= 11 is 0. The van der Waals surface area contributed by atoms with E-state index in [0.717, 1.165) is 5.56 Å². The molecule has 0 unspecified atom stereocenters. The van der Waals surface area contributed by atoms with Gasteiger partial charge in [0.05, 0.1) is 0 Å². The summed E-state index contributed by atoms with van der Waals surface area (Å²) in [6.45, 7) is 1.43. The Labute approximate surface area is 125 Å². The Balaban J connectivity index is 1.99. The van der Waals surface area contributed by atoms with E-state index < -0.39 is 10.0 Å². The van der Waals surface area contributed by atoms with E-state index in [9.17, 15) is 13.2 Å². The molecule has 1 aromatic rings. The van der Waals surface area contributed by atoms with Crippen LogP contribution in [0.4, 0.5) is 4.79 Å². The molecule has 21 heavy (non-hydrogen) atoms. The number of piperazine rings is 1. The fraction of sp³-hybridized carbons (Fsp3) is 0.357. The van der Waals surface area contributed by atoms with Gasteiger partial charge in [0, 0.05) is 38.6 Å². The summed E-state index contributed by atoms with van der Waals surface area (Å²) in [6.07, 6.45) is 1.58. The number of hydrogen-bond acceptors (Lipinski definition) is 3. The first-order valence-electron chi connectivity index (χ1n) is 6.73. The van der Waals surface area contributed by atoms with Crippen molar-refractivity contribution in [2.45, 2.75) is 0 Å². The van der Waals surface area contributed by atoms with Crippen LogP contribution in [0.15, 0.2) is 35.7 Å². The van der Waals surface area contributed by atoms with Crippen molar-refractivity contribution in [1.82, 2.24) is 14.5 Å². The van der Waals surface area contributed by atoms with Gasteiger partial charge in [-0.15, -0.1) is 0 Å². The zero-order valence-electron chi connectivity index (χ0n) is 11.9. The predicted molar refractivity (Wildman–Crippen MR) is 82.0 cm³/mol. The van der Waals surface area contributed by atoms with Crippen LogP contribution in [0.5, 0.6) is 0 Å². The van der Waals surface area contributed by atoms with E-state index in [-0.39, 0.29) is 6.03 Å². The topological polar surface area (TPSA) is 69.7 Å². The first-order valence-corrected chi connectivity index (χ1v) is 8.23. The van der Waals surface area contributed by atoms with Gasteiger partial charge < -0.3 is 10.2 Å². The number of carbonyl (C=O) groups excluding carboxylic acids is 1. The number of sulfonamides is 1. The van der Waals surface area contributed by atoms with E-state index >= 15 is 0 Å². The van der Waals surface area contributed by atoms with E-state index in [1.165, 1.54) is 9.71 Å². The van der Waals surface area contributed by atoms with E-state index in [4.69, 9.17) is 0 Å². The summed E-state index contributed by atoms with van der Waals surface area (Å²) in [7, 11) is -1.88. The van der Waals surface area contributed by atoms with Gasteiger partial charge in [-0.3, -0.25) is 0 Å². The lowest BCUT2D eigenvalue weighted by Gasteiger charge is -2.32. The van der Waals surface area contributed by atoms with Crippen molar-refractivity contribution in [3.05, 3.63) is 41.3 Å². The SMILES string of the molecule is CNC(=O)N1CCN(S(=O)(=O)/C=C/c2ccccc2)CC1. The molecule has 0 spiro atoms. The molecule has 0 radical (unpaired) electrons. The molecular formula is C14H19N3O3S. The maximum Gasteiger partial charge on any atom is 0.317 e. The number of rotatable bonds is 3. The molecule has 0 aromatic heterocycles. The molecule has 0 bridgehead atoms. The monoisotopic (exact) mass is 309 g/mol. The quantitative estimate of drug-likeness (QED) is 0.903. The molecule has 2 rings (SSSR count). The molecule has 0 atom stereocenters. The largest absolute Gasteiger partial charge is 0.341 e. The highest BCUT2D eigenvalue weighted by molar-refractivity contribution is 7.92. The molecule has 7 heteroatoms. The Morgan fingerprint density at radius 2 is 1.76 bits per heavy atom. The second-order valence-corrected chi connectivity index (χ2v) is 6.52. The lowest BCUT2D eigenvalue weighted by molar-refractivity contribution is 0.174. The lowest BCUT2D eigenvalue weighted by Crippen LogP contribution is -2.52. The molecule has 1 aromatic carbocycles. The Bertz CT molecular complexity index is 606. The van der Waals surface area contributed by atoms with Gasteiger partial charge in [0.2, 0.25) is 10.0 Å². The minimum absolute atomic E-state index is 0.174. The minimum Gasteiger partial charge on any atom is -0.341 e. The van der Waals surface area contributed by atoms with Crippen LogP contribution in [0.3, 0.4) is 0 Å². The van der Waals surface area contributed by atoms with Gasteiger partial charge in [-0.2, -0.15) is 4.31 Å². The lowest BCUT2D eigenvalue weighted by atomic mass is 10.2. The summed E-state index contributed by atoms with van der Waals surface area (Å²) < 4.78 is 25.8. The van der Waals surface area contributed by atoms with E-state index in [1.807, 2.05) is 30.3 Å². The van der Waals surface area contributed by atoms with Crippen molar-refractivity contribution in [3.8, 4) is 0 Å². The number of carbonyl (C=O) groups is 1. The number of hydrogen-bond donors (Lipinski definition) is 1. The maximum atomic E-state index is 12.2. The Hall–Kier alpha value is -1.86. The second-order valence-electron chi connectivity index (χ2n) is 4.70. The molecule has 1 heterocycles. The zero-order chi connectivity index (χ0) is 15.3. The number of nitrogens with one attached hydrogen (secondary N) is 1. The average Bonchev–Trinajstić information content (AvgIpc) is 2.53. The van der Waals surface area contributed by atoms with Crippen LogP contribution in [-0.4, -0.2) is 56.9 Å². The van der Waals surface area contributed by atoms with Gasteiger partial charge >= 0.3 is 6.03 Å². The van der Waals surface area contributed by atoms with Crippen LogP contribution in [0.2, 0.25) is 0 Å². The summed E-state index contributed by atoms with van der Waals surface area (Å²) in [5, 5.41) is 3.76. The van der Waals surface area contributed by atoms with E-state index in [2.05, 4.69) is 5.32 Å². The first kappa shape index (κ1) is 15.5. The summed E-state index contributed by atoms with van der Waals surface area (Å²) in [6, 6.07) is 9.10. The third-order valence-corrected chi connectivity index (χ3v) is 4.90. The Morgan fingerprint density at radius 3 is 2.33 bits per heavy atom. The molecule has 1 aliphatic heterocycles. The average molecular weight is 309 g/mol. The number of nitrogens with zero attached hydrogens (tertiary/aromatic N) is 2. The molecule has 1 N–H and O–H groups in total. The highest BCUT2D eigenvalue weighted by atomic mass is 32.2. The molecule has 0 aliphatic carbocycles. The number of amides is 2. The van der Waals surface area contributed by atoms with E-state index in [0.29, 0.717) is 26.2 Å². The first-order chi connectivity index (χ1) is 10.0. The van der Waals surface area contributed by atoms with Crippen molar-refractivity contribution < 1.29 is 13.2 Å². The fourth-order valence-corrected chi connectivity index (χ4v) is 3.29. The van der Waals surface area contributed by atoms with Crippen LogP contribution in [-0.2, 0) is 10.0 Å². The van der Waals surface area contributed by atoms with Gasteiger partial charge in [0.15, 0.2) is 0 Å². The number of benzene rings is 1. The van der Waals surface area contributed by atoms with Gasteiger partial charge in [0.1, 0.15) is 0 Å². The van der Waals surface area contributed by atoms with Gasteiger partial charge in [-0.25, -0.2) is 13.2 Å². The standard InChI is InChI=1S/C14H19N3O3S/c1-15-14(18)16-8-10-17(11-9-16)21(19,20)12-7-13-5-3-2-4-6-13/h2-7,12H,8-11H2,1H3,(H,15,18)/b12-7+. The molecule has 1 saturated heterocycles. The second kappa shape index (κ2) is 6.73. The Kier molecular flexibility index (Phi) is 4.98. The smallest absolute Gasteiger partial charge is 0.317 e. The van der Waals surface area contributed by atoms with Crippen molar-refractivity contribution in [2.24, 2.45) is 0 Å². The van der Waals surface area contributed by atoms with Crippen molar-refractivity contribution in [2.75, 3.05) is 33.2 Å². The predicted octanol–water partition coefficient (Wildman–Crippen LogP) is 0.944. The fourth-order valence-electron chi connectivity index (χ4n) is 2.12. The van der Waals surface area contributed by atoms with Gasteiger partial charge in [-0.05, 0) is 11.6 Å². The highest BCUT2D eigenvalue weighted by Gasteiger charge is 2.26. The minimum atomic E-state index is -3.44. The molecule has 2 amide bonds. The molecule has 114 valence electrons. The molecular weight excluding hydrogens is 290 g/mol. The summed E-state index contributed by atoms with van der Waals surface area (Å²) in [5.41, 5.74) is 0.838. The third kappa shape index (κ3) is 4.05. The molecule has 0 saturated carbocycles. The van der Waals surface area contributed by atoms with Crippen LogP contribution in [0.1, 0.15) is 5.56 Å². The van der Waals surface area contributed by atoms with Crippen molar-refractivity contribution in [3.63, 3.8) is 0 Å². The van der Waals surface area contributed by atoms with Crippen LogP contribution in [0, 0.1) is 0 Å². The van der Waals surface area contributed by atoms with Crippen molar-refractivity contribution in [1.29, 1.82) is 0 Å². The van der Waals surface area contributed by atoms with Crippen LogP contribution in [0.25, 0.3) is 6.08 Å². The third-order valence-electron chi connectivity index (χ3n) is 3.33. The maximum absolute atomic E-state index is 12.2. The molecule has 6 nitrogen and oxygen atoms in total. The van der Waals surface area contributed by atoms with E-state index in [1.54, 1.807) is 18.0 Å². The normalized spacial score (nSPS) is 17.1. The summed E-state index contributed by atoms with van der Waals surface area (Å²) in [4.78, 5) is 13.1. The highest BCUT2D eigenvalue weighted by Crippen LogP contribution is 2.11. The summed E-state index contributed by atoms with van der Waals surface area (Å²) in [5.74, 6) is 0. The molecule has 1 fully saturated rings. The van der Waals surface area contributed by atoms with Crippen LogP contribution >= 0.6 is 0 Å². The van der Waals surface area contributed by atoms with Gasteiger partial charge in [0.25, 0.3) is 0 Å². The Morgan fingerprint density at radius 1 is 1.14 bits per heavy atom. The molecule has 1 aliphatic rings. The number of urea groups is 1. The van der Waals surface area contributed by atoms with Crippen molar-refractivity contribution >= 4 is 22.1 Å². The van der Waals surface area contributed by atoms with Gasteiger partial charge in [-0.1, -0.05) is 30.3 Å². The van der Waals surface area contributed by atoms with Crippen LogP contribution < -0.4 is 5.32 Å².